The monoisotopic (exact) mass is 244 g/mol. The highest BCUT2D eigenvalue weighted by molar-refractivity contribution is 5.37. The molecular formula is C14H20N4. The summed E-state index contributed by atoms with van der Waals surface area (Å²) in [5.74, 6) is 1.55. The minimum Gasteiger partial charge on any atom is -0.355 e. The van der Waals surface area contributed by atoms with E-state index in [2.05, 4.69) is 40.2 Å². The molecular weight excluding hydrogens is 224 g/mol. The summed E-state index contributed by atoms with van der Waals surface area (Å²) >= 11 is 0. The first-order valence-electron chi connectivity index (χ1n) is 6.78. The van der Waals surface area contributed by atoms with Crippen LogP contribution >= 0.6 is 0 Å². The minimum absolute atomic E-state index is 0.568. The first-order valence-corrected chi connectivity index (χ1v) is 6.78. The number of hydrogen-bond acceptors (Lipinski definition) is 4. The molecule has 1 aliphatic heterocycles. The highest BCUT2D eigenvalue weighted by Gasteiger charge is 2.19. The molecule has 0 N–H and O–H groups in total. The largest absolute Gasteiger partial charge is 0.355 e. The van der Waals surface area contributed by atoms with Crippen molar-refractivity contribution in [2.24, 2.45) is 5.92 Å². The van der Waals surface area contributed by atoms with E-state index in [0.29, 0.717) is 12.3 Å². The molecule has 18 heavy (non-hydrogen) atoms. The Bertz CT molecular complexity index is 399. The number of rotatable bonds is 4. The predicted octanol–water partition coefficient (Wildman–Crippen LogP) is 2.56. The summed E-state index contributed by atoms with van der Waals surface area (Å²) in [5.41, 5.74) is 1.07. The van der Waals surface area contributed by atoms with Crippen LogP contribution in [0.15, 0.2) is 12.1 Å². The lowest BCUT2D eigenvalue weighted by Gasteiger charge is -2.31. The third-order valence-corrected chi connectivity index (χ3v) is 3.53. The Hall–Kier alpha value is -1.63. The summed E-state index contributed by atoms with van der Waals surface area (Å²) < 4.78 is 0. The zero-order valence-corrected chi connectivity index (χ0v) is 11.0. The molecule has 1 aromatic heterocycles. The second-order valence-electron chi connectivity index (χ2n) is 4.93. The van der Waals surface area contributed by atoms with E-state index in [1.54, 1.807) is 0 Å². The zero-order chi connectivity index (χ0) is 12.8. The van der Waals surface area contributed by atoms with Crippen LogP contribution < -0.4 is 4.90 Å². The van der Waals surface area contributed by atoms with E-state index in [9.17, 15) is 0 Å². The second-order valence-corrected chi connectivity index (χ2v) is 4.93. The van der Waals surface area contributed by atoms with E-state index in [-0.39, 0.29) is 0 Å². The molecule has 4 heteroatoms. The number of aryl methyl sites for hydroxylation is 1. The van der Waals surface area contributed by atoms with Crippen LogP contribution in [0.1, 0.15) is 38.3 Å². The Morgan fingerprint density at radius 3 is 2.67 bits per heavy atom. The Morgan fingerprint density at radius 1 is 1.33 bits per heavy atom. The summed E-state index contributed by atoms with van der Waals surface area (Å²) in [6.07, 6.45) is 4.97. The molecule has 1 aromatic rings. The molecule has 0 radical (unpaired) electrons. The van der Waals surface area contributed by atoms with Gasteiger partial charge in [-0.05, 0) is 37.3 Å². The Morgan fingerprint density at radius 2 is 2.11 bits per heavy atom. The number of aromatic nitrogens is 2. The van der Waals surface area contributed by atoms with Gasteiger partial charge >= 0.3 is 0 Å². The summed E-state index contributed by atoms with van der Waals surface area (Å²) in [7, 11) is 0. The molecule has 2 heterocycles. The molecule has 1 aliphatic rings. The lowest BCUT2D eigenvalue weighted by molar-refractivity contribution is 0.410. The van der Waals surface area contributed by atoms with Gasteiger partial charge in [-0.3, -0.25) is 0 Å². The molecule has 0 unspecified atom stereocenters. The van der Waals surface area contributed by atoms with Crippen molar-refractivity contribution >= 4 is 5.82 Å². The maximum absolute atomic E-state index is 8.70. The van der Waals surface area contributed by atoms with E-state index < -0.39 is 0 Å². The van der Waals surface area contributed by atoms with Crippen molar-refractivity contribution < 1.29 is 0 Å². The molecule has 4 nitrogen and oxygen atoms in total. The fourth-order valence-corrected chi connectivity index (χ4v) is 2.41. The van der Waals surface area contributed by atoms with Crippen molar-refractivity contribution in [2.75, 3.05) is 18.0 Å². The summed E-state index contributed by atoms with van der Waals surface area (Å²) in [6.45, 7) is 4.14. The molecule has 0 amide bonds. The fourth-order valence-electron chi connectivity index (χ4n) is 2.41. The zero-order valence-electron chi connectivity index (χ0n) is 11.0. The van der Waals surface area contributed by atoms with E-state index in [0.717, 1.165) is 50.3 Å². The molecule has 96 valence electrons. The van der Waals surface area contributed by atoms with Crippen molar-refractivity contribution in [3.8, 4) is 6.07 Å². The van der Waals surface area contributed by atoms with E-state index in [4.69, 9.17) is 5.26 Å². The van der Waals surface area contributed by atoms with Gasteiger partial charge in [0.05, 0.1) is 11.8 Å². The first-order chi connectivity index (χ1) is 8.83. The van der Waals surface area contributed by atoms with Crippen molar-refractivity contribution in [2.45, 2.75) is 39.0 Å². The minimum atomic E-state index is 0.568. The van der Waals surface area contributed by atoms with Gasteiger partial charge in [0.1, 0.15) is 0 Å². The van der Waals surface area contributed by atoms with Gasteiger partial charge in [-0.2, -0.15) is 10.4 Å². The van der Waals surface area contributed by atoms with Gasteiger partial charge < -0.3 is 4.90 Å². The molecule has 0 bridgehead atoms. The number of anilines is 1. The summed E-state index contributed by atoms with van der Waals surface area (Å²) in [4.78, 5) is 2.27. The highest BCUT2D eigenvalue weighted by Crippen LogP contribution is 2.23. The number of nitrogens with zero attached hydrogens (tertiary/aromatic N) is 4. The van der Waals surface area contributed by atoms with Gasteiger partial charge in [-0.15, -0.1) is 5.10 Å². The van der Waals surface area contributed by atoms with Crippen LogP contribution in [0.25, 0.3) is 0 Å². The van der Waals surface area contributed by atoms with Crippen LogP contribution in [-0.4, -0.2) is 23.3 Å². The molecule has 0 aromatic carbocycles. The number of piperidine rings is 1. The predicted molar refractivity (Wildman–Crippen MR) is 71.2 cm³/mol. The quantitative estimate of drug-likeness (QED) is 0.816. The van der Waals surface area contributed by atoms with Crippen molar-refractivity contribution in [3.63, 3.8) is 0 Å². The third kappa shape index (κ3) is 3.19. The lowest BCUT2D eigenvalue weighted by atomic mass is 9.94. The molecule has 1 saturated heterocycles. The van der Waals surface area contributed by atoms with Crippen molar-refractivity contribution in [1.29, 1.82) is 5.26 Å². The third-order valence-electron chi connectivity index (χ3n) is 3.53. The van der Waals surface area contributed by atoms with Crippen molar-refractivity contribution in [3.05, 3.63) is 17.8 Å². The van der Waals surface area contributed by atoms with Gasteiger partial charge in [0, 0.05) is 19.5 Å². The van der Waals surface area contributed by atoms with Crippen LogP contribution in [0.4, 0.5) is 5.82 Å². The van der Waals surface area contributed by atoms with Crippen LogP contribution in [0, 0.1) is 17.2 Å². The molecule has 0 atom stereocenters. The van der Waals surface area contributed by atoms with Gasteiger partial charge in [-0.25, -0.2) is 0 Å². The molecule has 2 rings (SSSR count). The topological polar surface area (TPSA) is 52.8 Å². The van der Waals surface area contributed by atoms with Gasteiger partial charge in [-0.1, -0.05) is 13.3 Å². The standard InChI is InChI=1S/C14H20N4/c1-2-3-13-4-5-14(17-16-13)18-10-7-12(6-9-15)8-11-18/h4-5,12H,2-3,6-8,10-11H2,1H3. The second kappa shape index (κ2) is 6.34. The Balaban J connectivity index is 1.91. The van der Waals surface area contributed by atoms with Crippen LogP contribution in [-0.2, 0) is 6.42 Å². The molecule has 0 aliphatic carbocycles. The lowest BCUT2D eigenvalue weighted by Crippen LogP contribution is -2.34. The number of hydrogen-bond donors (Lipinski definition) is 0. The maximum atomic E-state index is 8.70. The highest BCUT2D eigenvalue weighted by atomic mass is 15.3. The van der Waals surface area contributed by atoms with Crippen molar-refractivity contribution in [1.82, 2.24) is 10.2 Å². The molecule has 1 fully saturated rings. The Labute approximate surface area is 109 Å². The van der Waals surface area contributed by atoms with Crippen LogP contribution in [0.5, 0.6) is 0 Å². The number of nitriles is 1. The van der Waals surface area contributed by atoms with Crippen LogP contribution in [0.3, 0.4) is 0 Å². The summed E-state index contributed by atoms with van der Waals surface area (Å²) in [6, 6.07) is 6.42. The fraction of sp³-hybridized carbons (Fsp3) is 0.643. The normalized spacial score (nSPS) is 16.6. The van der Waals surface area contributed by atoms with E-state index in [1.165, 1.54) is 0 Å². The van der Waals surface area contributed by atoms with Gasteiger partial charge in [0.15, 0.2) is 5.82 Å². The van der Waals surface area contributed by atoms with Gasteiger partial charge in [0.2, 0.25) is 0 Å². The average molecular weight is 244 g/mol. The molecule has 0 spiro atoms. The van der Waals surface area contributed by atoms with Crippen LogP contribution in [0.2, 0.25) is 0 Å². The van der Waals surface area contributed by atoms with E-state index >= 15 is 0 Å². The molecule has 0 saturated carbocycles. The average Bonchev–Trinajstić information content (AvgIpc) is 2.41. The maximum Gasteiger partial charge on any atom is 0.151 e. The van der Waals surface area contributed by atoms with E-state index in [1.807, 2.05) is 0 Å². The SMILES string of the molecule is CCCc1ccc(N2CCC(CC#N)CC2)nn1. The smallest absolute Gasteiger partial charge is 0.151 e. The first kappa shape index (κ1) is 12.8. The van der Waals surface area contributed by atoms with Gasteiger partial charge in [0.25, 0.3) is 0 Å². The summed E-state index contributed by atoms with van der Waals surface area (Å²) in [5, 5.41) is 17.3. The Kier molecular flexibility index (Phi) is 4.52.